The van der Waals surface area contributed by atoms with Crippen molar-refractivity contribution in [2.75, 3.05) is 6.61 Å². The molecule has 0 unspecified atom stereocenters. The molecule has 2 fully saturated rings. The number of rotatable bonds is 2. The molecule has 2 rings (SSSR count). The van der Waals surface area contributed by atoms with Crippen molar-refractivity contribution in [2.24, 2.45) is 17.3 Å². The highest BCUT2D eigenvalue weighted by atomic mass is 16.5. The Morgan fingerprint density at radius 2 is 2.06 bits per heavy atom. The molecular formula is C15H22O2. The maximum Gasteiger partial charge on any atom is 0.333 e. The molecule has 1 aliphatic carbocycles. The second-order valence-electron chi connectivity index (χ2n) is 6.05. The number of esters is 1. The third-order valence-electron chi connectivity index (χ3n) is 3.98. The van der Waals surface area contributed by atoms with Crippen molar-refractivity contribution in [3.8, 4) is 0 Å². The molecule has 1 heterocycles. The predicted octanol–water partition coefficient (Wildman–Crippen LogP) is 3.49. The lowest BCUT2D eigenvalue weighted by molar-refractivity contribution is -0.141. The average Bonchev–Trinajstić information content (AvgIpc) is 2.72. The van der Waals surface area contributed by atoms with Gasteiger partial charge < -0.3 is 4.74 Å². The normalized spacial score (nSPS) is 33.2. The Balaban J connectivity index is 2.12. The van der Waals surface area contributed by atoms with E-state index in [1.54, 1.807) is 0 Å². The number of carbonyl (C=O) groups is 1. The van der Waals surface area contributed by atoms with Gasteiger partial charge in [0.25, 0.3) is 0 Å². The summed E-state index contributed by atoms with van der Waals surface area (Å²) in [6.07, 6.45) is 6.34. The van der Waals surface area contributed by atoms with Crippen molar-refractivity contribution in [2.45, 2.75) is 40.5 Å². The van der Waals surface area contributed by atoms with E-state index in [0.717, 1.165) is 18.4 Å². The number of ether oxygens (including phenoxy) is 1. The van der Waals surface area contributed by atoms with Gasteiger partial charge in [-0.05, 0) is 43.9 Å². The van der Waals surface area contributed by atoms with Crippen molar-refractivity contribution >= 4 is 5.97 Å². The van der Waals surface area contributed by atoms with Crippen LogP contribution in [0.5, 0.6) is 0 Å². The third kappa shape index (κ3) is 2.46. The molecule has 17 heavy (non-hydrogen) atoms. The number of cyclic esters (lactones) is 1. The standard InChI is InChI=1S/C15H22O2/c1-10(2)8-12-13(15(12,3)4)9-11-6-5-7-17-14(11)16/h8-9,12-13H,5-7H2,1-4H3/b11-9+/t12-,13-/m0/s1. The zero-order valence-electron chi connectivity index (χ0n) is 11.2. The van der Waals surface area contributed by atoms with Crippen molar-refractivity contribution in [3.63, 3.8) is 0 Å². The van der Waals surface area contributed by atoms with Gasteiger partial charge in [-0.15, -0.1) is 0 Å². The molecule has 2 heteroatoms. The molecule has 0 aromatic carbocycles. The molecule has 1 saturated heterocycles. The summed E-state index contributed by atoms with van der Waals surface area (Å²) in [4.78, 5) is 11.6. The Morgan fingerprint density at radius 1 is 1.35 bits per heavy atom. The average molecular weight is 234 g/mol. The van der Waals surface area contributed by atoms with Crippen LogP contribution < -0.4 is 0 Å². The van der Waals surface area contributed by atoms with E-state index in [0.29, 0.717) is 23.9 Å². The lowest BCUT2D eigenvalue weighted by Gasteiger charge is -2.13. The molecule has 94 valence electrons. The second-order valence-corrected chi connectivity index (χ2v) is 6.05. The Kier molecular flexibility index (Phi) is 3.15. The quantitative estimate of drug-likeness (QED) is 0.415. The first kappa shape index (κ1) is 12.4. The Hall–Kier alpha value is -1.05. The number of hydrogen-bond acceptors (Lipinski definition) is 2. The molecular weight excluding hydrogens is 212 g/mol. The van der Waals surface area contributed by atoms with Crippen LogP contribution in [0.4, 0.5) is 0 Å². The van der Waals surface area contributed by atoms with E-state index in [4.69, 9.17) is 4.74 Å². The second kappa shape index (κ2) is 4.32. The molecule has 1 aliphatic heterocycles. The van der Waals surface area contributed by atoms with Crippen LogP contribution in [0.25, 0.3) is 0 Å². The maximum absolute atomic E-state index is 11.6. The summed E-state index contributed by atoms with van der Waals surface area (Å²) in [7, 11) is 0. The molecule has 1 saturated carbocycles. The van der Waals surface area contributed by atoms with Crippen LogP contribution in [0.2, 0.25) is 0 Å². The summed E-state index contributed by atoms with van der Waals surface area (Å²) in [6, 6.07) is 0. The summed E-state index contributed by atoms with van der Waals surface area (Å²) in [6.45, 7) is 9.39. The van der Waals surface area contributed by atoms with E-state index >= 15 is 0 Å². The van der Waals surface area contributed by atoms with Crippen molar-refractivity contribution in [1.29, 1.82) is 0 Å². The van der Waals surface area contributed by atoms with E-state index in [1.807, 2.05) is 0 Å². The highest BCUT2D eigenvalue weighted by Crippen LogP contribution is 2.60. The van der Waals surface area contributed by atoms with Crippen LogP contribution in [0, 0.1) is 17.3 Å². The third-order valence-corrected chi connectivity index (χ3v) is 3.98. The van der Waals surface area contributed by atoms with Gasteiger partial charge >= 0.3 is 5.97 Å². The number of carbonyl (C=O) groups excluding carboxylic acids is 1. The van der Waals surface area contributed by atoms with E-state index in [1.165, 1.54) is 5.57 Å². The van der Waals surface area contributed by atoms with Gasteiger partial charge in [-0.25, -0.2) is 4.79 Å². The van der Waals surface area contributed by atoms with Gasteiger partial charge in [0.2, 0.25) is 0 Å². The minimum Gasteiger partial charge on any atom is -0.462 e. The van der Waals surface area contributed by atoms with Crippen LogP contribution in [-0.4, -0.2) is 12.6 Å². The topological polar surface area (TPSA) is 26.3 Å². The van der Waals surface area contributed by atoms with Crippen molar-refractivity contribution in [1.82, 2.24) is 0 Å². The van der Waals surface area contributed by atoms with Crippen LogP contribution in [0.1, 0.15) is 40.5 Å². The van der Waals surface area contributed by atoms with E-state index in [2.05, 4.69) is 39.8 Å². The zero-order chi connectivity index (χ0) is 12.6. The molecule has 0 amide bonds. The van der Waals surface area contributed by atoms with E-state index in [9.17, 15) is 4.79 Å². The largest absolute Gasteiger partial charge is 0.462 e. The van der Waals surface area contributed by atoms with E-state index in [-0.39, 0.29) is 5.97 Å². The lowest BCUT2D eigenvalue weighted by atomic mass is 10.0. The van der Waals surface area contributed by atoms with Crippen LogP contribution in [-0.2, 0) is 9.53 Å². The molecule has 2 atom stereocenters. The smallest absolute Gasteiger partial charge is 0.333 e. The fraction of sp³-hybridized carbons (Fsp3) is 0.667. The highest BCUT2D eigenvalue weighted by molar-refractivity contribution is 5.89. The van der Waals surface area contributed by atoms with Gasteiger partial charge in [0, 0.05) is 5.57 Å². The minimum atomic E-state index is -0.102. The van der Waals surface area contributed by atoms with Crippen molar-refractivity contribution < 1.29 is 9.53 Å². The number of hydrogen-bond donors (Lipinski definition) is 0. The van der Waals surface area contributed by atoms with Crippen LogP contribution >= 0.6 is 0 Å². The van der Waals surface area contributed by atoms with Gasteiger partial charge in [-0.3, -0.25) is 0 Å². The summed E-state index contributed by atoms with van der Waals surface area (Å²) in [5.41, 5.74) is 2.54. The molecule has 2 aliphatic rings. The van der Waals surface area contributed by atoms with Gasteiger partial charge in [-0.1, -0.05) is 31.6 Å². The Morgan fingerprint density at radius 3 is 2.65 bits per heavy atom. The van der Waals surface area contributed by atoms with E-state index < -0.39 is 0 Å². The highest BCUT2D eigenvalue weighted by Gasteiger charge is 2.55. The zero-order valence-corrected chi connectivity index (χ0v) is 11.2. The molecule has 2 nitrogen and oxygen atoms in total. The van der Waals surface area contributed by atoms with Crippen LogP contribution in [0.3, 0.4) is 0 Å². The molecule has 0 aromatic heterocycles. The molecule has 0 radical (unpaired) electrons. The molecule has 0 bridgehead atoms. The van der Waals surface area contributed by atoms with Crippen LogP contribution in [0.15, 0.2) is 23.3 Å². The monoisotopic (exact) mass is 234 g/mol. The Bertz CT molecular complexity index is 384. The molecule has 0 aromatic rings. The fourth-order valence-corrected chi connectivity index (χ4v) is 2.70. The predicted molar refractivity (Wildman–Crippen MR) is 68.5 cm³/mol. The fourth-order valence-electron chi connectivity index (χ4n) is 2.70. The van der Waals surface area contributed by atoms with Crippen molar-refractivity contribution in [3.05, 3.63) is 23.3 Å². The van der Waals surface area contributed by atoms with Gasteiger partial charge in [0.15, 0.2) is 0 Å². The lowest BCUT2D eigenvalue weighted by Crippen LogP contribution is -2.15. The first-order chi connectivity index (χ1) is 7.93. The molecule has 0 N–H and O–H groups in total. The minimum absolute atomic E-state index is 0.102. The summed E-state index contributed by atoms with van der Waals surface area (Å²) in [5.74, 6) is 0.975. The maximum atomic E-state index is 11.6. The van der Waals surface area contributed by atoms with Gasteiger partial charge in [0.05, 0.1) is 6.61 Å². The Labute approximate surface area is 104 Å². The van der Waals surface area contributed by atoms with Gasteiger partial charge in [-0.2, -0.15) is 0 Å². The number of allylic oxidation sites excluding steroid dienone is 3. The first-order valence-corrected chi connectivity index (χ1v) is 6.46. The molecule has 0 spiro atoms. The first-order valence-electron chi connectivity index (χ1n) is 6.46. The summed E-state index contributed by atoms with van der Waals surface area (Å²) in [5, 5.41) is 0. The summed E-state index contributed by atoms with van der Waals surface area (Å²) >= 11 is 0. The summed E-state index contributed by atoms with van der Waals surface area (Å²) < 4.78 is 5.08. The SMILES string of the molecule is CC(C)=C[C@H]1[C@H](/C=C2\CCCOC2=O)C1(C)C. The van der Waals surface area contributed by atoms with Gasteiger partial charge in [0.1, 0.15) is 0 Å².